The van der Waals surface area contributed by atoms with E-state index >= 15 is 0 Å². The average molecular weight is 727 g/mol. The van der Waals surface area contributed by atoms with E-state index in [0.29, 0.717) is 33.6 Å². The van der Waals surface area contributed by atoms with E-state index in [1.807, 2.05) is 96.4 Å². The Kier molecular flexibility index (Phi) is 11.8. The number of rotatable bonds is 13. The first-order valence-electron chi connectivity index (χ1n) is 16.1. The minimum atomic E-state index is -0.640. The van der Waals surface area contributed by atoms with Crippen LogP contribution in [0.25, 0.3) is 17.3 Å². The van der Waals surface area contributed by atoms with E-state index in [1.165, 1.54) is 23.1 Å². The van der Waals surface area contributed by atoms with Crippen molar-refractivity contribution in [2.24, 2.45) is 0 Å². The molecule has 0 aliphatic carbocycles. The van der Waals surface area contributed by atoms with Crippen molar-refractivity contribution in [3.05, 3.63) is 161 Å². The molecule has 6 rings (SSSR count). The summed E-state index contributed by atoms with van der Waals surface area (Å²) < 4.78 is 10.8. The van der Waals surface area contributed by atoms with Gasteiger partial charge in [0.2, 0.25) is 5.91 Å². The molecule has 1 unspecified atom stereocenters. The molecule has 5 aromatic carbocycles. The number of methoxy groups -OCH3 is 2. The molecule has 3 amide bonds. The lowest BCUT2D eigenvalue weighted by molar-refractivity contribution is -0.116. The van der Waals surface area contributed by atoms with Crippen LogP contribution in [0.5, 0.6) is 11.5 Å². The highest BCUT2D eigenvalue weighted by atomic mass is 32.2. The molecule has 260 valence electrons. The number of carbonyl (C=O) groups excluding carboxylic acids is 3. The van der Waals surface area contributed by atoms with Gasteiger partial charge in [-0.25, -0.2) is 4.98 Å². The molecule has 0 aliphatic heterocycles. The fourth-order valence-corrected chi connectivity index (χ4v) is 6.98. The van der Waals surface area contributed by atoms with E-state index in [9.17, 15) is 14.4 Å². The Balaban J connectivity index is 1.20. The molecular weight excluding hydrogens is 693 g/mol. The number of benzene rings is 5. The van der Waals surface area contributed by atoms with Crippen LogP contribution in [0, 0.1) is 0 Å². The number of thioether (sulfide) groups is 1. The summed E-state index contributed by atoms with van der Waals surface area (Å²) >= 11 is 2.66. The molecule has 3 N–H and O–H groups in total. The zero-order chi connectivity index (χ0) is 36.3. The number of thiazole rings is 1. The van der Waals surface area contributed by atoms with E-state index in [-0.39, 0.29) is 11.6 Å². The Hall–Kier alpha value is -6.17. The predicted octanol–water partition coefficient (Wildman–Crippen LogP) is 8.71. The smallest absolute Gasteiger partial charge is 0.272 e. The van der Waals surface area contributed by atoms with Gasteiger partial charge in [-0.15, -0.1) is 23.1 Å². The fourth-order valence-electron chi connectivity index (χ4n) is 5.17. The molecule has 0 saturated carbocycles. The zero-order valence-corrected chi connectivity index (χ0v) is 29.9. The van der Waals surface area contributed by atoms with Gasteiger partial charge in [0.25, 0.3) is 11.8 Å². The number of carbonyl (C=O) groups is 3. The van der Waals surface area contributed by atoms with Crippen molar-refractivity contribution >= 4 is 57.7 Å². The Labute approximate surface area is 309 Å². The van der Waals surface area contributed by atoms with E-state index in [4.69, 9.17) is 9.47 Å². The van der Waals surface area contributed by atoms with Crippen LogP contribution in [0.15, 0.2) is 149 Å². The van der Waals surface area contributed by atoms with Crippen molar-refractivity contribution in [3.63, 3.8) is 0 Å². The Morgan fingerprint density at radius 2 is 1.44 bits per heavy atom. The first-order valence-corrected chi connectivity index (χ1v) is 17.9. The molecule has 0 fully saturated rings. The normalized spacial score (nSPS) is 11.6. The summed E-state index contributed by atoms with van der Waals surface area (Å²) in [6, 6.07) is 40.2. The number of nitrogens with zero attached hydrogens (tertiary/aromatic N) is 1. The standard InChI is InChI=1S/C41H34N4O5S2/c1-49-35-22-21-30(24-36(35)50-2)34-26-51-41(44-34)45-40(48)37(28-15-8-4-9-16-28)52-32-20-12-19-31(25-32)42-39(47)33(23-27-13-6-3-7-14-27)43-38(46)29-17-10-5-11-18-29/h3-26,37H,1-2H3,(H,42,47)(H,43,46)(H,44,45,48)/b33-23-. The summed E-state index contributed by atoms with van der Waals surface area (Å²) in [5.74, 6) is 0.0329. The van der Waals surface area contributed by atoms with Crippen LogP contribution >= 0.6 is 23.1 Å². The van der Waals surface area contributed by atoms with Gasteiger partial charge in [0.05, 0.1) is 19.9 Å². The van der Waals surface area contributed by atoms with Crippen molar-refractivity contribution in [3.8, 4) is 22.8 Å². The maximum atomic E-state index is 13.9. The highest BCUT2D eigenvalue weighted by Gasteiger charge is 2.24. The average Bonchev–Trinajstić information content (AvgIpc) is 3.66. The molecule has 1 atom stereocenters. The molecule has 11 heteroatoms. The predicted molar refractivity (Wildman–Crippen MR) is 208 cm³/mol. The number of nitrogens with one attached hydrogen (secondary N) is 3. The maximum absolute atomic E-state index is 13.9. The number of hydrogen-bond donors (Lipinski definition) is 3. The van der Waals surface area contributed by atoms with Gasteiger partial charge in [-0.05, 0) is 65.7 Å². The molecule has 6 aromatic rings. The van der Waals surface area contributed by atoms with Crippen molar-refractivity contribution in [2.45, 2.75) is 10.1 Å². The third-order valence-electron chi connectivity index (χ3n) is 7.74. The van der Waals surface area contributed by atoms with Crippen LogP contribution in [0.4, 0.5) is 10.8 Å². The summed E-state index contributed by atoms with van der Waals surface area (Å²) in [6.45, 7) is 0. The molecule has 1 aromatic heterocycles. The van der Waals surface area contributed by atoms with E-state index < -0.39 is 17.1 Å². The monoisotopic (exact) mass is 726 g/mol. The second-order valence-corrected chi connectivity index (χ2v) is 13.3. The number of ether oxygens (including phenoxy) is 2. The van der Waals surface area contributed by atoms with Gasteiger partial charge >= 0.3 is 0 Å². The van der Waals surface area contributed by atoms with Gasteiger partial charge in [-0.1, -0.05) is 84.9 Å². The molecule has 0 aliphatic rings. The third kappa shape index (κ3) is 9.13. The van der Waals surface area contributed by atoms with Crippen LogP contribution < -0.4 is 25.4 Å². The van der Waals surface area contributed by atoms with Crippen molar-refractivity contribution in [1.29, 1.82) is 0 Å². The lowest BCUT2D eigenvalue weighted by Crippen LogP contribution is -2.30. The minimum Gasteiger partial charge on any atom is -0.493 e. The van der Waals surface area contributed by atoms with E-state index in [0.717, 1.165) is 21.6 Å². The summed E-state index contributed by atoms with van der Waals surface area (Å²) in [4.78, 5) is 46.0. The summed E-state index contributed by atoms with van der Waals surface area (Å²) in [6.07, 6.45) is 1.62. The van der Waals surface area contributed by atoms with Crippen molar-refractivity contribution < 1.29 is 23.9 Å². The Morgan fingerprint density at radius 3 is 2.15 bits per heavy atom. The highest BCUT2D eigenvalue weighted by Crippen LogP contribution is 2.38. The van der Waals surface area contributed by atoms with Gasteiger partial charge < -0.3 is 25.4 Å². The number of amides is 3. The van der Waals surface area contributed by atoms with Gasteiger partial charge in [0.1, 0.15) is 10.9 Å². The molecule has 1 heterocycles. The third-order valence-corrected chi connectivity index (χ3v) is 9.75. The van der Waals surface area contributed by atoms with Crippen molar-refractivity contribution in [1.82, 2.24) is 10.3 Å². The second-order valence-electron chi connectivity index (χ2n) is 11.3. The Bertz CT molecular complexity index is 2190. The molecule has 0 radical (unpaired) electrons. The molecule has 0 saturated heterocycles. The number of aromatic nitrogens is 1. The molecule has 9 nitrogen and oxygen atoms in total. The molecule has 0 bridgehead atoms. The van der Waals surface area contributed by atoms with Crippen LogP contribution in [-0.2, 0) is 9.59 Å². The molecule has 52 heavy (non-hydrogen) atoms. The van der Waals surface area contributed by atoms with Crippen LogP contribution in [0.2, 0.25) is 0 Å². The number of hydrogen-bond acceptors (Lipinski definition) is 8. The van der Waals surface area contributed by atoms with Crippen molar-refractivity contribution in [2.75, 3.05) is 24.9 Å². The summed E-state index contributed by atoms with van der Waals surface area (Å²) in [5, 5.41) is 10.4. The first kappa shape index (κ1) is 35.6. The Morgan fingerprint density at radius 1 is 0.750 bits per heavy atom. The minimum absolute atomic E-state index is 0.0792. The lowest BCUT2D eigenvalue weighted by Gasteiger charge is -2.17. The largest absolute Gasteiger partial charge is 0.493 e. The zero-order valence-electron chi connectivity index (χ0n) is 28.2. The summed E-state index contributed by atoms with van der Waals surface area (Å²) in [7, 11) is 3.16. The number of anilines is 2. The van der Waals surface area contributed by atoms with Gasteiger partial charge in [-0.2, -0.15) is 0 Å². The van der Waals surface area contributed by atoms with Gasteiger partial charge in [-0.3, -0.25) is 14.4 Å². The van der Waals surface area contributed by atoms with Gasteiger partial charge in [0, 0.05) is 27.1 Å². The lowest BCUT2D eigenvalue weighted by atomic mass is 10.1. The summed E-state index contributed by atoms with van der Waals surface area (Å²) in [5.41, 5.74) is 4.06. The quantitative estimate of drug-likeness (QED) is 0.0805. The van der Waals surface area contributed by atoms with Crippen LogP contribution in [0.1, 0.15) is 26.7 Å². The molecular formula is C41H34N4O5S2. The first-order chi connectivity index (χ1) is 25.4. The van der Waals surface area contributed by atoms with Gasteiger partial charge in [0.15, 0.2) is 16.6 Å². The SMILES string of the molecule is COc1ccc(-c2csc(NC(=O)C(Sc3cccc(NC(=O)/C(=C/c4ccccc4)NC(=O)c4ccccc4)c3)c3ccccc3)n2)cc1OC. The van der Waals surface area contributed by atoms with Crippen LogP contribution in [-0.4, -0.2) is 36.9 Å². The fraction of sp³-hybridized carbons (Fsp3) is 0.0732. The maximum Gasteiger partial charge on any atom is 0.272 e. The van der Waals surface area contributed by atoms with E-state index in [2.05, 4.69) is 20.9 Å². The van der Waals surface area contributed by atoms with Crippen LogP contribution in [0.3, 0.4) is 0 Å². The highest BCUT2D eigenvalue weighted by molar-refractivity contribution is 8.00. The topological polar surface area (TPSA) is 119 Å². The molecule has 0 spiro atoms. The second kappa shape index (κ2) is 17.2. The van der Waals surface area contributed by atoms with E-state index in [1.54, 1.807) is 62.8 Å².